The summed E-state index contributed by atoms with van der Waals surface area (Å²) in [5.74, 6) is -0.338. The third-order valence-corrected chi connectivity index (χ3v) is 4.49. The van der Waals surface area contributed by atoms with Crippen LogP contribution in [0, 0.1) is 20.8 Å². The van der Waals surface area contributed by atoms with Gasteiger partial charge in [0.15, 0.2) is 0 Å². The Labute approximate surface area is 144 Å². The number of aryl methyl sites for hydroxylation is 3. The third-order valence-electron chi connectivity index (χ3n) is 4.49. The van der Waals surface area contributed by atoms with Crippen LogP contribution >= 0.6 is 0 Å². The highest BCUT2D eigenvalue weighted by Crippen LogP contribution is 2.34. The molecule has 0 saturated heterocycles. The Morgan fingerprint density at radius 1 is 1.24 bits per heavy atom. The lowest BCUT2D eigenvalue weighted by Gasteiger charge is -2.12. The van der Waals surface area contributed by atoms with Crippen molar-refractivity contribution in [1.29, 1.82) is 0 Å². The molecular weight excluding hydrogens is 322 g/mol. The highest BCUT2D eigenvalue weighted by molar-refractivity contribution is 6.07. The molecule has 6 nitrogen and oxygen atoms in total. The predicted molar refractivity (Wildman–Crippen MR) is 94.9 cm³/mol. The van der Waals surface area contributed by atoms with Gasteiger partial charge in [-0.25, -0.2) is 4.79 Å². The van der Waals surface area contributed by atoms with Crippen LogP contribution < -0.4 is 10.9 Å². The van der Waals surface area contributed by atoms with Crippen LogP contribution in [0.1, 0.15) is 29.2 Å². The molecule has 0 spiro atoms. The van der Waals surface area contributed by atoms with E-state index < -0.39 is 5.63 Å². The fraction of sp³-hybridized carbons (Fsp3) is 0.368. The van der Waals surface area contributed by atoms with E-state index in [-0.39, 0.29) is 25.0 Å². The number of fused-ring (bicyclic) bond motifs is 3. The molecule has 132 valence electrons. The molecule has 2 N–H and O–H groups in total. The van der Waals surface area contributed by atoms with Gasteiger partial charge in [-0.3, -0.25) is 4.79 Å². The zero-order valence-electron chi connectivity index (χ0n) is 14.7. The van der Waals surface area contributed by atoms with Crippen LogP contribution in [-0.4, -0.2) is 23.7 Å². The van der Waals surface area contributed by atoms with Gasteiger partial charge in [0, 0.05) is 11.4 Å². The number of nitrogens with one attached hydrogen (secondary N) is 1. The summed E-state index contributed by atoms with van der Waals surface area (Å²) in [6.45, 7) is 7.22. The fourth-order valence-electron chi connectivity index (χ4n) is 3.21. The van der Waals surface area contributed by atoms with Gasteiger partial charge in [0.25, 0.3) is 0 Å². The number of aliphatic hydroxyl groups is 1. The first-order chi connectivity index (χ1) is 11.8. The Kier molecular flexibility index (Phi) is 4.39. The van der Waals surface area contributed by atoms with Gasteiger partial charge < -0.3 is 19.3 Å². The highest BCUT2D eigenvalue weighted by Gasteiger charge is 2.20. The number of hydrogen-bond acceptors (Lipinski definition) is 5. The van der Waals surface area contributed by atoms with Gasteiger partial charge in [0.1, 0.15) is 11.2 Å². The van der Waals surface area contributed by atoms with Crippen molar-refractivity contribution in [3.05, 3.63) is 45.0 Å². The van der Waals surface area contributed by atoms with Crippen molar-refractivity contribution in [3.63, 3.8) is 0 Å². The van der Waals surface area contributed by atoms with E-state index in [1.54, 1.807) is 20.1 Å². The van der Waals surface area contributed by atoms with E-state index >= 15 is 0 Å². The molecule has 6 heteroatoms. The number of benzene rings is 1. The minimum atomic E-state index is -0.529. The van der Waals surface area contributed by atoms with E-state index in [9.17, 15) is 9.59 Å². The second-order valence-corrected chi connectivity index (χ2v) is 6.51. The summed E-state index contributed by atoms with van der Waals surface area (Å²) < 4.78 is 11.2. The minimum absolute atomic E-state index is 0.108. The summed E-state index contributed by atoms with van der Waals surface area (Å²) >= 11 is 0. The molecule has 0 aliphatic heterocycles. The first-order valence-corrected chi connectivity index (χ1v) is 8.17. The Morgan fingerprint density at radius 3 is 2.64 bits per heavy atom. The molecule has 1 unspecified atom stereocenters. The van der Waals surface area contributed by atoms with Crippen LogP contribution in [0.2, 0.25) is 0 Å². The second kappa shape index (κ2) is 6.37. The van der Waals surface area contributed by atoms with Crippen LogP contribution in [0.3, 0.4) is 0 Å². The van der Waals surface area contributed by atoms with Crippen LogP contribution in [0.4, 0.5) is 0 Å². The predicted octanol–water partition coefficient (Wildman–Crippen LogP) is 2.50. The maximum Gasteiger partial charge on any atom is 0.340 e. The summed E-state index contributed by atoms with van der Waals surface area (Å²) in [6, 6.07) is 1.45. The number of rotatable bonds is 4. The van der Waals surface area contributed by atoms with Crippen LogP contribution in [0.5, 0.6) is 0 Å². The number of furan rings is 1. The molecular formula is C19H21NO5. The van der Waals surface area contributed by atoms with Crippen molar-refractivity contribution in [1.82, 2.24) is 5.32 Å². The first kappa shape index (κ1) is 17.2. The lowest BCUT2D eigenvalue weighted by molar-refractivity contribution is -0.121. The Balaban J connectivity index is 2.18. The second-order valence-electron chi connectivity index (χ2n) is 6.51. The molecule has 25 heavy (non-hydrogen) atoms. The maximum atomic E-state index is 12.4. The SMILES string of the molecule is Cc1coc2c1c(C)cc1oc(=O)c(CC(=O)NC(C)CO)c(C)c12. The summed E-state index contributed by atoms with van der Waals surface area (Å²) in [5, 5.41) is 13.4. The van der Waals surface area contributed by atoms with E-state index in [2.05, 4.69) is 5.32 Å². The molecule has 0 saturated carbocycles. The topological polar surface area (TPSA) is 92.7 Å². The van der Waals surface area contributed by atoms with Crippen molar-refractivity contribution in [2.75, 3.05) is 6.61 Å². The lowest BCUT2D eigenvalue weighted by Crippen LogP contribution is -2.37. The molecule has 3 aromatic rings. The van der Waals surface area contributed by atoms with Gasteiger partial charge in [-0.2, -0.15) is 0 Å². The van der Waals surface area contributed by atoms with Gasteiger partial charge in [-0.1, -0.05) is 0 Å². The number of amides is 1. The van der Waals surface area contributed by atoms with Crippen molar-refractivity contribution < 1.29 is 18.7 Å². The van der Waals surface area contributed by atoms with Gasteiger partial charge in [-0.15, -0.1) is 0 Å². The van der Waals surface area contributed by atoms with Crippen LogP contribution in [0.15, 0.2) is 26.0 Å². The zero-order valence-corrected chi connectivity index (χ0v) is 14.7. The zero-order chi connectivity index (χ0) is 18.3. The van der Waals surface area contributed by atoms with Gasteiger partial charge in [0.2, 0.25) is 5.91 Å². The molecule has 0 bridgehead atoms. The van der Waals surface area contributed by atoms with Crippen LogP contribution in [-0.2, 0) is 11.2 Å². The van der Waals surface area contributed by atoms with E-state index in [1.807, 2.05) is 19.9 Å². The molecule has 1 aromatic carbocycles. The first-order valence-electron chi connectivity index (χ1n) is 8.17. The summed E-state index contributed by atoms with van der Waals surface area (Å²) in [6.07, 6.45) is 1.57. The van der Waals surface area contributed by atoms with Crippen molar-refractivity contribution in [3.8, 4) is 0 Å². The van der Waals surface area contributed by atoms with Crippen LogP contribution in [0.25, 0.3) is 21.9 Å². The molecule has 1 atom stereocenters. The Bertz CT molecular complexity index is 1030. The van der Waals surface area contributed by atoms with E-state index in [0.29, 0.717) is 27.7 Å². The monoisotopic (exact) mass is 343 g/mol. The fourth-order valence-corrected chi connectivity index (χ4v) is 3.21. The third kappa shape index (κ3) is 2.93. The highest BCUT2D eigenvalue weighted by atomic mass is 16.4. The molecule has 1 amide bonds. The lowest BCUT2D eigenvalue weighted by atomic mass is 9.98. The van der Waals surface area contributed by atoms with E-state index in [0.717, 1.165) is 16.5 Å². The van der Waals surface area contributed by atoms with E-state index in [4.69, 9.17) is 13.9 Å². The Morgan fingerprint density at radius 2 is 1.96 bits per heavy atom. The molecule has 0 aliphatic rings. The average molecular weight is 343 g/mol. The maximum absolute atomic E-state index is 12.4. The number of aliphatic hydroxyl groups excluding tert-OH is 1. The number of hydrogen-bond donors (Lipinski definition) is 2. The normalized spacial score (nSPS) is 12.7. The molecule has 3 rings (SSSR count). The largest absolute Gasteiger partial charge is 0.463 e. The van der Waals surface area contributed by atoms with Crippen molar-refractivity contribution in [2.45, 2.75) is 40.2 Å². The average Bonchev–Trinajstić information content (AvgIpc) is 2.93. The molecule has 0 fully saturated rings. The minimum Gasteiger partial charge on any atom is -0.463 e. The summed E-state index contributed by atoms with van der Waals surface area (Å²) in [7, 11) is 0. The van der Waals surface area contributed by atoms with Gasteiger partial charge >= 0.3 is 5.63 Å². The molecule has 2 aromatic heterocycles. The molecule has 2 heterocycles. The Hall–Kier alpha value is -2.60. The quantitative estimate of drug-likeness (QED) is 0.710. The van der Waals surface area contributed by atoms with Crippen molar-refractivity contribution in [2.24, 2.45) is 0 Å². The van der Waals surface area contributed by atoms with Gasteiger partial charge in [-0.05, 0) is 50.5 Å². The number of carbonyl (C=O) groups is 1. The smallest absolute Gasteiger partial charge is 0.340 e. The summed E-state index contributed by atoms with van der Waals surface area (Å²) in [4.78, 5) is 24.5. The standard InChI is InChI=1S/C19H21NO5/c1-9-5-14-17(18-16(9)10(2)8-24-18)12(4)13(19(23)25-14)6-15(22)20-11(3)7-21/h5,8,11,21H,6-7H2,1-4H3,(H,20,22). The number of carbonyl (C=O) groups excluding carboxylic acids is 1. The van der Waals surface area contributed by atoms with Gasteiger partial charge in [0.05, 0.1) is 30.2 Å². The van der Waals surface area contributed by atoms with Crippen molar-refractivity contribution >= 4 is 27.8 Å². The molecule has 0 aliphatic carbocycles. The molecule has 0 radical (unpaired) electrons. The van der Waals surface area contributed by atoms with E-state index in [1.165, 1.54) is 0 Å². The summed E-state index contributed by atoms with van der Waals surface area (Å²) in [5.41, 5.74) is 3.55.